The maximum atomic E-state index is 11.8. The van der Waals surface area contributed by atoms with Gasteiger partial charge in [0, 0.05) is 5.02 Å². The molecule has 0 saturated heterocycles. The van der Waals surface area contributed by atoms with Crippen molar-refractivity contribution in [2.45, 2.75) is 5.16 Å². The number of methoxy groups -OCH3 is 1. The van der Waals surface area contributed by atoms with Crippen LogP contribution in [0, 0.1) is 11.8 Å². The summed E-state index contributed by atoms with van der Waals surface area (Å²) in [4.78, 5) is 11.8. The van der Waals surface area contributed by atoms with Crippen LogP contribution in [0.5, 0.6) is 5.75 Å². The first kappa shape index (κ1) is 19.7. The lowest BCUT2D eigenvalue weighted by atomic mass is 10.2. The summed E-state index contributed by atoms with van der Waals surface area (Å²) >= 11 is 7.17. The van der Waals surface area contributed by atoms with Crippen molar-refractivity contribution in [2.75, 3.05) is 19.5 Å². The van der Waals surface area contributed by atoms with E-state index < -0.39 is 5.97 Å². The molecule has 0 aliphatic carbocycles. The summed E-state index contributed by atoms with van der Waals surface area (Å²) in [5, 5.41) is 12.9. The second-order valence-electron chi connectivity index (χ2n) is 5.30. The largest absolute Gasteiger partial charge is 0.497 e. The number of hydrogen-bond donors (Lipinski definition) is 0. The number of ether oxygens (including phenoxy) is 2. The van der Waals surface area contributed by atoms with Crippen LogP contribution < -0.4 is 4.74 Å². The summed E-state index contributed by atoms with van der Waals surface area (Å²) in [6.07, 6.45) is 0. The number of nitrogens with zero attached hydrogens (tertiary/aromatic N) is 4. The highest BCUT2D eigenvalue weighted by Crippen LogP contribution is 2.19. The van der Waals surface area contributed by atoms with Crippen molar-refractivity contribution < 1.29 is 14.3 Å². The Bertz CT molecular complexity index is 995. The van der Waals surface area contributed by atoms with Gasteiger partial charge in [0.05, 0.1) is 24.1 Å². The predicted octanol–water partition coefficient (Wildman–Crippen LogP) is 3.28. The second-order valence-corrected chi connectivity index (χ2v) is 6.68. The lowest BCUT2D eigenvalue weighted by Gasteiger charge is -2.04. The normalized spacial score (nSPS) is 10.1. The molecule has 3 rings (SSSR count). The average molecular weight is 415 g/mol. The molecule has 0 bridgehead atoms. The molecule has 28 heavy (non-hydrogen) atoms. The Labute approximate surface area is 171 Å². The monoisotopic (exact) mass is 414 g/mol. The van der Waals surface area contributed by atoms with E-state index in [4.69, 9.17) is 21.1 Å². The van der Waals surface area contributed by atoms with Crippen molar-refractivity contribution in [2.24, 2.45) is 0 Å². The summed E-state index contributed by atoms with van der Waals surface area (Å²) in [7, 11) is 1.61. The van der Waals surface area contributed by atoms with Gasteiger partial charge in [-0.2, -0.15) is 4.68 Å². The van der Waals surface area contributed by atoms with Gasteiger partial charge in [0.25, 0.3) is 0 Å². The molecular formula is C19H15ClN4O3S. The quantitative estimate of drug-likeness (QED) is 0.348. The molecule has 0 saturated carbocycles. The van der Waals surface area contributed by atoms with Crippen molar-refractivity contribution in [3.8, 4) is 23.3 Å². The molecule has 9 heteroatoms. The Kier molecular flexibility index (Phi) is 6.89. The Morgan fingerprint density at radius 3 is 2.61 bits per heavy atom. The number of carbonyl (C=O) groups is 1. The molecule has 0 aliphatic heterocycles. The van der Waals surface area contributed by atoms with Crippen molar-refractivity contribution in [1.82, 2.24) is 20.2 Å². The minimum Gasteiger partial charge on any atom is -0.497 e. The maximum absolute atomic E-state index is 11.8. The molecule has 7 nitrogen and oxygen atoms in total. The number of esters is 1. The molecule has 1 heterocycles. The van der Waals surface area contributed by atoms with Crippen LogP contribution in [0.2, 0.25) is 5.02 Å². The van der Waals surface area contributed by atoms with Crippen LogP contribution in [0.4, 0.5) is 0 Å². The third-order valence-corrected chi connectivity index (χ3v) is 4.57. The fraction of sp³-hybridized carbons (Fsp3) is 0.158. The fourth-order valence-electron chi connectivity index (χ4n) is 2.13. The molecule has 142 valence electrons. The maximum Gasteiger partial charge on any atom is 0.339 e. The number of thioether (sulfide) groups is 1. The molecule has 2 aromatic carbocycles. The Morgan fingerprint density at radius 1 is 1.14 bits per heavy atom. The molecule has 0 radical (unpaired) electrons. The summed E-state index contributed by atoms with van der Waals surface area (Å²) in [5.41, 5.74) is 1.25. The molecule has 0 N–H and O–H groups in total. The van der Waals surface area contributed by atoms with E-state index in [2.05, 4.69) is 27.4 Å². The first-order chi connectivity index (χ1) is 13.7. The van der Waals surface area contributed by atoms with Crippen molar-refractivity contribution in [1.29, 1.82) is 0 Å². The molecular weight excluding hydrogens is 400 g/mol. The van der Waals surface area contributed by atoms with Crippen LogP contribution in [0.3, 0.4) is 0 Å². The van der Waals surface area contributed by atoms with Crippen LogP contribution in [0.25, 0.3) is 5.69 Å². The minimum absolute atomic E-state index is 0.00540. The molecule has 0 aliphatic rings. The summed E-state index contributed by atoms with van der Waals surface area (Å²) in [5.74, 6) is 6.49. The third kappa shape index (κ3) is 5.25. The first-order valence-electron chi connectivity index (χ1n) is 8.11. The van der Waals surface area contributed by atoms with Crippen LogP contribution >= 0.6 is 23.4 Å². The van der Waals surface area contributed by atoms with Gasteiger partial charge in [-0.15, -0.1) is 5.10 Å². The lowest BCUT2D eigenvalue weighted by molar-refractivity contribution is 0.0556. The number of halogens is 1. The molecule has 0 amide bonds. The zero-order valence-corrected chi connectivity index (χ0v) is 16.4. The van der Waals surface area contributed by atoms with Crippen LogP contribution in [-0.4, -0.2) is 45.6 Å². The van der Waals surface area contributed by atoms with E-state index in [0.717, 1.165) is 11.4 Å². The van der Waals surface area contributed by atoms with Gasteiger partial charge in [-0.05, 0) is 59.0 Å². The Morgan fingerprint density at radius 2 is 1.89 bits per heavy atom. The van der Waals surface area contributed by atoms with Crippen molar-refractivity contribution in [3.05, 3.63) is 59.1 Å². The Hall–Kier alpha value is -3.02. The van der Waals surface area contributed by atoms with E-state index in [-0.39, 0.29) is 6.61 Å². The van der Waals surface area contributed by atoms with E-state index in [9.17, 15) is 4.79 Å². The summed E-state index contributed by atoms with van der Waals surface area (Å²) in [6, 6.07) is 13.9. The van der Waals surface area contributed by atoms with E-state index >= 15 is 0 Å². The number of tetrazole rings is 1. The van der Waals surface area contributed by atoms with Gasteiger partial charge in [0.1, 0.15) is 5.75 Å². The highest BCUT2D eigenvalue weighted by Gasteiger charge is 2.08. The van der Waals surface area contributed by atoms with Crippen molar-refractivity contribution in [3.63, 3.8) is 0 Å². The summed E-state index contributed by atoms with van der Waals surface area (Å²) in [6.45, 7) is 0.00540. The highest BCUT2D eigenvalue weighted by atomic mass is 35.5. The highest BCUT2D eigenvalue weighted by molar-refractivity contribution is 7.99. The third-order valence-electron chi connectivity index (χ3n) is 3.51. The van der Waals surface area contributed by atoms with E-state index in [1.807, 2.05) is 24.3 Å². The molecule has 0 atom stereocenters. The number of hydrogen-bond acceptors (Lipinski definition) is 7. The Balaban J connectivity index is 1.49. The summed E-state index contributed by atoms with van der Waals surface area (Å²) < 4.78 is 11.9. The van der Waals surface area contributed by atoms with Gasteiger partial charge in [-0.25, -0.2) is 4.79 Å². The number of aromatic nitrogens is 4. The fourth-order valence-corrected chi connectivity index (χ4v) is 2.92. The van der Waals surface area contributed by atoms with Crippen LogP contribution in [0.1, 0.15) is 10.4 Å². The van der Waals surface area contributed by atoms with Crippen LogP contribution in [-0.2, 0) is 4.74 Å². The van der Waals surface area contributed by atoms with Crippen molar-refractivity contribution >= 4 is 29.3 Å². The second kappa shape index (κ2) is 9.78. The smallest absolute Gasteiger partial charge is 0.339 e. The average Bonchev–Trinajstić information content (AvgIpc) is 3.19. The predicted molar refractivity (Wildman–Crippen MR) is 106 cm³/mol. The molecule has 3 aromatic rings. The van der Waals surface area contributed by atoms with Gasteiger partial charge in [0.2, 0.25) is 5.16 Å². The molecule has 1 aromatic heterocycles. The van der Waals surface area contributed by atoms with Crippen LogP contribution in [0.15, 0.2) is 53.7 Å². The minimum atomic E-state index is -0.443. The molecule has 0 fully saturated rings. The van der Waals surface area contributed by atoms with E-state index in [0.29, 0.717) is 21.5 Å². The first-order valence-corrected chi connectivity index (χ1v) is 9.48. The zero-order valence-electron chi connectivity index (χ0n) is 14.8. The van der Waals surface area contributed by atoms with Gasteiger partial charge in [-0.1, -0.05) is 35.2 Å². The van der Waals surface area contributed by atoms with Gasteiger partial charge in [-0.3, -0.25) is 0 Å². The van der Waals surface area contributed by atoms with Gasteiger partial charge in [0.15, 0.2) is 6.61 Å². The van der Waals surface area contributed by atoms with Gasteiger partial charge >= 0.3 is 5.97 Å². The van der Waals surface area contributed by atoms with Gasteiger partial charge < -0.3 is 9.47 Å². The standard InChI is InChI=1S/C19H15ClN4O3S/c1-26-17-10-8-16(9-11-17)24-19(21-22-23-24)28-13-3-2-12-27-18(25)14-4-6-15(20)7-5-14/h4-11H,12-13H2,1H3. The lowest BCUT2D eigenvalue weighted by Crippen LogP contribution is -2.05. The number of rotatable bonds is 6. The van der Waals surface area contributed by atoms with E-state index in [1.165, 1.54) is 11.8 Å². The molecule has 0 unspecified atom stereocenters. The molecule has 0 spiro atoms. The zero-order chi connectivity index (χ0) is 19.8. The number of benzene rings is 2. The number of carbonyl (C=O) groups excluding carboxylic acids is 1. The topological polar surface area (TPSA) is 79.1 Å². The van der Waals surface area contributed by atoms with E-state index in [1.54, 1.807) is 36.1 Å². The SMILES string of the molecule is COc1ccc(-n2nnnc2SCC#CCOC(=O)c2ccc(Cl)cc2)cc1.